The van der Waals surface area contributed by atoms with Gasteiger partial charge in [-0.3, -0.25) is 9.89 Å². The Balaban J connectivity index is 2.16. The van der Waals surface area contributed by atoms with E-state index in [2.05, 4.69) is 20.5 Å². The van der Waals surface area contributed by atoms with E-state index in [0.29, 0.717) is 16.5 Å². The summed E-state index contributed by atoms with van der Waals surface area (Å²) in [4.78, 5) is 15.9. The third-order valence-electron chi connectivity index (χ3n) is 2.66. The molecule has 94 valence electrons. The van der Waals surface area contributed by atoms with E-state index in [1.54, 1.807) is 12.1 Å². The number of nitrogens with one attached hydrogen (secondary N) is 2. The van der Waals surface area contributed by atoms with Crippen LogP contribution >= 0.6 is 11.6 Å². The Labute approximate surface area is 110 Å². The van der Waals surface area contributed by atoms with Gasteiger partial charge >= 0.3 is 0 Å². The van der Waals surface area contributed by atoms with Gasteiger partial charge in [-0.15, -0.1) is 0 Å². The Hall–Kier alpha value is -1.88. The second-order valence-electron chi connectivity index (χ2n) is 3.85. The van der Waals surface area contributed by atoms with Gasteiger partial charge in [0.05, 0.1) is 5.02 Å². The molecule has 0 aromatic carbocycles. The third kappa shape index (κ3) is 2.51. The summed E-state index contributed by atoms with van der Waals surface area (Å²) in [5, 5.41) is 10.2. The molecule has 0 fully saturated rings. The molecule has 2 rings (SSSR count). The number of aromatic amines is 1. The van der Waals surface area contributed by atoms with Gasteiger partial charge in [0.15, 0.2) is 5.82 Å². The van der Waals surface area contributed by atoms with E-state index >= 15 is 0 Å². The number of aromatic nitrogens is 3. The number of hydrogen-bond donors (Lipinski definition) is 2. The summed E-state index contributed by atoms with van der Waals surface area (Å²) in [6.07, 6.45) is 2.28. The van der Waals surface area contributed by atoms with Crippen molar-refractivity contribution >= 4 is 23.3 Å². The Kier molecular flexibility index (Phi) is 3.62. The molecule has 18 heavy (non-hydrogen) atoms. The quantitative estimate of drug-likeness (QED) is 0.895. The van der Waals surface area contributed by atoms with E-state index in [0.717, 1.165) is 17.7 Å². The zero-order valence-electron chi connectivity index (χ0n) is 10.1. The van der Waals surface area contributed by atoms with E-state index in [1.165, 1.54) is 6.20 Å². The van der Waals surface area contributed by atoms with Crippen LogP contribution in [-0.2, 0) is 6.42 Å². The summed E-state index contributed by atoms with van der Waals surface area (Å²) < 4.78 is 0. The van der Waals surface area contributed by atoms with Crippen molar-refractivity contribution in [1.82, 2.24) is 15.2 Å². The fourth-order valence-electron chi connectivity index (χ4n) is 1.58. The Bertz CT molecular complexity index is 562. The van der Waals surface area contributed by atoms with Crippen molar-refractivity contribution < 1.29 is 4.79 Å². The van der Waals surface area contributed by atoms with Gasteiger partial charge in [0.2, 0.25) is 0 Å². The monoisotopic (exact) mass is 264 g/mol. The number of aryl methyl sites for hydroxylation is 1. The molecule has 1 amide bonds. The minimum Gasteiger partial charge on any atom is -0.304 e. The van der Waals surface area contributed by atoms with Crippen molar-refractivity contribution in [3.63, 3.8) is 0 Å². The summed E-state index contributed by atoms with van der Waals surface area (Å²) in [7, 11) is 0. The van der Waals surface area contributed by atoms with Crippen LogP contribution in [-0.4, -0.2) is 21.1 Å². The number of pyridine rings is 1. The molecule has 2 N–H and O–H groups in total. The molecule has 0 aliphatic rings. The van der Waals surface area contributed by atoms with Crippen LogP contribution < -0.4 is 5.32 Å². The van der Waals surface area contributed by atoms with Crippen molar-refractivity contribution in [2.45, 2.75) is 20.3 Å². The summed E-state index contributed by atoms with van der Waals surface area (Å²) in [5.41, 5.74) is 2.26. The molecule has 2 aromatic heterocycles. The molecule has 5 nitrogen and oxygen atoms in total. The summed E-state index contributed by atoms with van der Waals surface area (Å²) in [5.74, 6) is 0.234. The third-order valence-corrected chi connectivity index (χ3v) is 2.88. The number of carbonyl (C=O) groups is 1. The maximum absolute atomic E-state index is 11.9. The first-order valence-corrected chi connectivity index (χ1v) is 5.96. The number of anilines is 1. The molecule has 6 heteroatoms. The van der Waals surface area contributed by atoms with Gasteiger partial charge in [-0.1, -0.05) is 18.5 Å². The predicted molar refractivity (Wildman–Crippen MR) is 69.9 cm³/mol. The van der Waals surface area contributed by atoms with Gasteiger partial charge in [-0.05, 0) is 25.5 Å². The Morgan fingerprint density at radius 2 is 2.28 bits per heavy atom. The highest BCUT2D eigenvalue weighted by Crippen LogP contribution is 2.16. The number of amides is 1. The fourth-order valence-corrected chi connectivity index (χ4v) is 1.69. The van der Waals surface area contributed by atoms with Gasteiger partial charge in [0, 0.05) is 17.5 Å². The van der Waals surface area contributed by atoms with E-state index in [-0.39, 0.29) is 5.91 Å². The van der Waals surface area contributed by atoms with Crippen LogP contribution in [0.2, 0.25) is 5.02 Å². The summed E-state index contributed by atoms with van der Waals surface area (Å²) in [6, 6.07) is 3.19. The molecule has 0 spiro atoms. The number of carbonyl (C=O) groups excluding carboxylic acids is 1. The number of rotatable bonds is 3. The number of nitrogens with zero attached hydrogens (tertiary/aromatic N) is 2. The predicted octanol–water partition coefficient (Wildman–Crippen LogP) is 2.58. The average molecular weight is 265 g/mol. The zero-order valence-corrected chi connectivity index (χ0v) is 10.9. The van der Waals surface area contributed by atoms with Crippen molar-refractivity contribution in [2.75, 3.05) is 5.32 Å². The van der Waals surface area contributed by atoms with Crippen LogP contribution in [0, 0.1) is 6.92 Å². The van der Waals surface area contributed by atoms with Crippen LogP contribution in [0.3, 0.4) is 0 Å². The lowest BCUT2D eigenvalue weighted by Gasteiger charge is -2.02. The highest BCUT2D eigenvalue weighted by molar-refractivity contribution is 6.30. The largest absolute Gasteiger partial charge is 0.304 e. The van der Waals surface area contributed by atoms with Gasteiger partial charge < -0.3 is 5.32 Å². The first-order chi connectivity index (χ1) is 8.61. The highest BCUT2D eigenvalue weighted by atomic mass is 35.5. The van der Waals surface area contributed by atoms with Gasteiger partial charge in [-0.25, -0.2) is 4.98 Å². The average Bonchev–Trinajstić information content (AvgIpc) is 2.71. The van der Waals surface area contributed by atoms with Crippen LogP contribution in [0.25, 0.3) is 0 Å². The number of H-pyrrole nitrogens is 1. The lowest BCUT2D eigenvalue weighted by atomic mass is 10.2. The first kappa shape index (κ1) is 12.6. The highest BCUT2D eigenvalue weighted by Gasteiger charge is 2.12. The lowest BCUT2D eigenvalue weighted by Crippen LogP contribution is -2.14. The number of hydrogen-bond acceptors (Lipinski definition) is 3. The zero-order chi connectivity index (χ0) is 13.1. The van der Waals surface area contributed by atoms with Crippen LogP contribution in [0.15, 0.2) is 18.3 Å². The molecule has 2 heterocycles. The molecule has 0 aliphatic carbocycles. The Morgan fingerprint density at radius 3 is 2.83 bits per heavy atom. The molecule has 0 atom stereocenters. The second kappa shape index (κ2) is 5.18. The van der Waals surface area contributed by atoms with Crippen molar-refractivity contribution in [3.05, 3.63) is 40.3 Å². The van der Waals surface area contributed by atoms with E-state index in [4.69, 9.17) is 11.6 Å². The number of halogens is 1. The molecule has 0 bridgehead atoms. The van der Waals surface area contributed by atoms with E-state index in [9.17, 15) is 4.79 Å². The van der Waals surface area contributed by atoms with Crippen molar-refractivity contribution in [3.8, 4) is 0 Å². The molecule has 0 radical (unpaired) electrons. The smallest absolute Gasteiger partial charge is 0.275 e. The Morgan fingerprint density at radius 1 is 1.50 bits per heavy atom. The van der Waals surface area contributed by atoms with Crippen LogP contribution in [0.1, 0.15) is 28.7 Å². The van der Waals surface area contributed by atoms with Crippen LogP contribution in [0.5, 0.6) is 0 Å². The van der Waals surface area contributed by atoms with Gasteiger partial charge in [0.1, 0.15) is 5.69 Å². The fraction of sp³-hybridized carbons (Fsp3) is 0.250. The molecular weight excluding hydrogens is 252 g/mol. The van der Waals surface area contributed by atoms with Crippen molar-refractivity contribution in [2.24, 2.45) is 0 Å². The van der Waals surface area contributed by atoms with Crippen LogP contribution in [0.4, 0.5) is 5.82 Å². The standard InChI is InChI=1S/C12H13ClN4O/c1-3-9-7(2)11(17-16-9)15-12(18)10-5-4-8(13)6-14-10/h4-6H,3H2,1-2H3,(H2,15,16,17,18). The topological polar surface area (TPSA) is 70.7 Å². The molecule has 0 unspecified atom stereocenters. The lowest BCUT2D eigenvalue weighted by molar-refractivity contribution is 0.102. The molecule has 0 saturated carbocycles. The normalized spacial score (nSPS) is 10.4. The minimum atomic E-state index is -0.302. The molecule has 2 aromatic rings. The molecular formula is C12H13ClN4O. The second-order valence-corrected chi connectivity index (χ2v) is 4.28. The molecule has 0 aliphatic heterocycles. The SMILES string of the molecule is CCc1[nH]nc(NC(=O)c2ccc(Cl)cn2)c1C. The summed E-state index contributed by atoms with van der Waals surface area (Å²) in [6.45, 7) is 3.93. The molecule has 0 saturated heterocycles. The van der Waals surface area contributed by atoms with Gasteiger partial charge in [-0.2, -0.15) is 5.10 Å². The maximum atomic E-state index is 11.9. The van der Waals surface area contributed by atoms with Crippen molar-refractivity contribution in [1.29, 1.82) is 0 Å². The maximum Gasteiger partial charge on any atom is 0.275 e. The van der Waals surface area contributed by atoms with Gasteiger partial charge in [0.25, 0.3) is 5.91 Å². The van der Waals surface area contributed by atoms with E-state index in [1.807, 2.05) is 13.8 Å². The van der Waals surface area contributed by atoms with E-state index < -0.39 is 0 Å². The summed E-state index contributed by atoms with van der Waals surface area (Å²) >= 11 is 5.71. The first-order valence-electron chi connectivity index (χ1n) is 5.58. The minimum absolute atomic E-state index is 0.302.